The molecule has 2 aromatic carbocycles. The monoisotopic (exact) mass is 466 g/mol. The first-order chi connectivity index (χ1) is 15.4. The summed E-state index contributed by atoms with van der Waals surface area (Å²) in [6.07, 6.45) is 0. The Morgan fingerprint density at radius 1 is 1.19 bits per heavy atom. The van der Waals surface area contributed by atoms with Gasteiger partial charge in [-0.2, -0.15) is 0 Å². The summed E-state index contributed by atoms with van der Waals surface area (Å²) in [6.45, 7) is 1.66. The van der Waals surface area contributed by atoms with Crippen LogP contribution in [0.4, 0.5) is 5.13 Å². The molecule has 2 aromatic heterocycles. The predicted octanol–water partition coefficient (Wildman–Crippen LogP) is 4.75. The number of methoxy groups -OCH3 is 1. The van der Waals surface area contributed by atoms with Crippen molar-refractivity contribution in [3.63, 3.8) is 0 Å². The Balaban J connectivity index is 1.78. The first-order valence-corrected chi connectivity index (χ1v) is 10.8. The van der Waals surface area contributed by atoms with E-state index in [2.05, 4.69) is 4.98 Å². The molecular formula is C23H15ClN2O5S. The zero-order valence-electron chi connectivity index (χ0n) is 16.9. The average molecular weight is 467 g/mol. The largest absolute Gasteiger partial charge is 0.465 e. The summed E-state index contributed by atoms with van der Waals surface area (Å²) in [7, 11) is 1.28. The van der Waals surface area contributed by atoms with Gasteiger partial charge in [0, 0.05) is 5.02 Å². The van der Waals surface area contributed by atoms with Gasteiger partial charge in [-0.25, -0.2) is 9.78 Å². The van der Waals surface area contributed by atoms with E-state index in [9.17, 15) is 14.4 Å². The number of hydrogen-bond acceptors (Lipinski definition) is 7. The van der Waals surface area contributed by atoms with Gasteiger partial charge < -0.3 is 9.15 Å². The highest BCUT2D eigenvalue weighted by Crippen LogP contribution is 2.43. The Morgan fingerprint density at radius 3 is 2.66 bits per heavy atom. The lowest BCUT2D eigenvalue weighted by Gasteiger charge is -2.22. The van der Waals surface area contributed by atoms with Crippen molar-refractivity contribution < 1.29 is 18.7 Å². The van der Waals surface area contributed by atoms with Crippen LogP contribution in [0.2, 0.25) is 5.02 Å². The third-order valence-corrected chi connectivity index (χ3v) is 6.68. The van der Waals surface area contributed by atoms with E-state index in [1.807, 2.05) is 30.3 Å². The van der Waals surface area contributed by atoms with Crippen LogP contribution in [0.25, 0.3) is 11.0 Å². The number of carbonyl (C=O) groups is 2. The van der Waals surface area contributed by atoms with Crippen LogP contribution in [0, 0.1) is 6.92 Å². The maximum Gasteiger partial charge on any atom is 0.350 e. The molecule has 9 heteroatoms. The molecule has 3 heterocycles. The minimum absolute atomic E-state index is 0.0499. The molecule has 0 saturated heterocycles. The number of ether oxygens (including phenoxy) is 1. The van der Waals surface area contributed by atoms with Crippen molar-refractivity contribution >= 4 is 50.9 Å². The highest BCUT2D eigenvalue weighted by Gasteiger charge is 2.45. The fraction of sp³-hybridized carbons (Fsp3) is 0.130. The third kappa shape index (κ3) is 3.03. The van der Waals surface area contributed by atoms with Crippen molar-refractivity contribution in [3.8, 4) is 0 Å². The van der Waals surface area contributed by atoms with Crippen molar-refractivity contribution in [2.75, 3.05) is 12.0 Å². The van der Waals surface area contributed by atoms with Gasteiger partial charge in [0.2, 0.25) is 5.76 Å². The van der Waals surface area contributed by atoms with E-state index < -0.39 is 17.9 Å². The lowest BCUT2D eigenvalue weighted by atomic mass is 9.99. The van der Waals surface area contributed by atoms with Gasteiger partial charge in [-0.1, -0.05) is 53.3 Å². The molecule has 0 bridgehead atoms. The number of thiazole rings is 1. The summed E-state index contributed by atoms with van der Waals surface area (Å²) in [5.41, 5.74) is 1.29. The van der Waals surface area contributed by atoms with Gasteiger partial charge >= 0.3 is 5.97 Å². The zero-order chi connectivity index (χ0) is 22.6. The van der Waals surface area contributed by atoms with Gasteiger partial charge in [0.25, 0.3) is 5.91 Å². The molecule has 32 heavy (non-hydrogen) atoms. The van der Waals surface area contributed by atoms with Crippen LogP contribution in [-0.4, -0.2) is 24.0 Å². The lowest BCUT2D eigenvalue weighted by molar-refractivity contribution is 0.0605. The molecule has 0 aliphatic carbocycles. The average Bonchev–Trinajstić information content (AvgIpc) is 3.32. The molecule has 0 fully saturated rings. The minimum Gasteiger partial charge on any atom is -0.465 e. The molecule has 0 spiro atoms. The van der Waals surface area contributed by atoms with Crippen LogP contribution >= 0.6 is 22.9 Å². The van der Waals surface area contributed by atoms with Crippen LogP contribution in [-0.2, 0) is 4.74 Å². The second-order valence-corrected chi connectivity index (χ2v) is 8.62. The molecular weight excluding hydrogens is 452 g/mol. The summed E-state index contributed by atoms with van der Waals surface area (Å²) in [5, 5.41) is 0.951. The van der Waals surface area contributed by atoms with Gasteiger partial charge in [-0.15, -0.1) is 0 Å². The zero-order valence-corrected chi connectivity index (χ0v) is 18.5. The van der Waals surface area contributed by atoms with Crippen molar-refractivity contribution in [3.05, 3.63) is 91.2 Å². The third-order valence-electron chi connectivity index (χ3n) is 5.31. The first kappa shape index (κ1) is 20.4. The number of aryl methyl sites for hydroxylation is 1. The number of anilines is 1. The predicted molar refractivity (Wildman–Crippen MR) is 121 cm³/mol. The number of aromatic nitrogens is 1. The number of nitrogens with zero attached hydrogens (tertiary/aromatic N) is 2. The van der Waals surface area contributed by atoms with Crippen LogP contribution in [0.15, 0.2) is 57.7 Å². The van der Waals surface area contributed by atoms with Crippen LogP contribution < -0.4 is 10.3 Å². The Kier molecular flexibility index (Phi) is 4.83. The van der Waals surface area contributed by atoms with Crippen LogP contribution in [0.5, 0.6) is 0 Å². The van der Waals surface area contributed by atoms with E-state index in [-0.39, 0.29) is 37.7 Å². The Hall–Kier alpha value is -3.49. The van der Waals surface area contributed by atoms with E-state index in [4.69, 9.17) is 20.8 Å². The van der Waals surface area contributed by atoms with Crippen LogP contribution in [0.3, 0.4) is 0 Å². The molecule has 0 N–H and O–H groups in total. The fourth-order valence-electron chi connectivity index (χ4n) is 3.86. The number of hydrogen-bond donors (Lipinski definition) is 0. The highest BCUT2D eigenvalue weighted by molar-refractivity contribution is 7.17. The molecule has 7 nitrogen and oxygen atoms in total. The normalized spacial score (nSPS) is 15.3. The van der Waals surface area contributed by atoms with Gasteiger partial charge in [0.15, 0.2) is 10.6 Å². The van der Waals surface area contributed by atoms with Crippen molar-refractivity contribution in [1.29, 1.82) is 0 Å². The van der Waals surface area contributed by atoms with Crippen molar-refractivity contribution in [1.82, 2.24) is 4.98 Å². The summed E-state index contributed by atoms with van der Waals surface area (Å²) in [4.78, 5) is 45.3. The van der Waals surface area contributed by atoms with Gasteiger partial charge in [0.1, 0.15) is 10.5 Å². The SMILES string of the molecule is COC(=O)c1sc(N2C(=O)c3oc4ccc(Cl)cc4c(=O)c3C2c2ccccc2)nc1C. The molecule has 1 aliphatic rings. The second kappa shape index (κ2) is 7.58. The molecule has 5 rings (SSSR count). The lowest BCUT2D eigenvalue weighted by Crippen LogP contribution is -2.29. The number of esters is 1. The number of fused-ring (bicyclic) bond motifs is 2. The Labute approximate surface area is 190 Å². The summed E-state index contributed by atoms with van der Waals surface area (Å²) >= 11 is 7.13. The maximum atomic E-state index is 13.5. The van der Waals surface area contributed by atoms with Gasteiger partial charge in [-0.3, -0.25) is 14.5 Å². The maximum absolute atomic E-state index is 13.5. The van der Waals surface area contributed by atoms with Crippen molar-refractivity contribution in [2.24, 2.45) is 0 Å². The molecule has 1 amide bonds. The summed E-state index contributed by atoms with van der Waals surface area (Å²) in [6, 6.07) is 13.1. The van der Waals surface area contributed by atoms with E-state index >= 15 is 0 Å². The molecule has 1 unspecified atom stereocenters. The van der Waals surface area contributed by atoms with E-state index in [1.165, 1.54) is 18.1 Å². The Morgan fingerprint density at radius 2 is 1.94 bits per heavy atom. The minimum atomic E-state index is -0.769. The smallest absolute Gasteiger partial charge is 0.350 e. The first-order valence-electron chi connectivity index (χ1n) is 9.61. The van der Waals surface area contributed by atoms with Gasteiger partial charge in [-0.05, 0) is 30.7 Å². The topological polar surface area (TPSA) is 89.7 Å². The standard InChI is InChI=1S/C23H15ClN2O5S/c1-11-20(22(29)30-2)32-23(25-11)26-17(12-6-4-3-5-7-12)16-18(27)14-10-13(24)8-9-15(14)31-19(16)21(26)28/h3-10,17H,1-2H3. The quantitative estimate of drug-likeness (QED) is 0.405. The molecule has 160 valence electrons. The number of amides is 1. The Bertz CT molecular complexity index is 1460. The molecule has 4 aromatic rings. The summed E-state index contributed by atoms with van der Waals surface area (Å²) < 4.78 is 10.7. The molecule has 1 atom stereocenters. The van der Waals surface area contributed by atoms with Gasteiger partial charge in [0.05, 0.1) is 29.8 Å². The molecule has 0 saturated carbocycles. The fourth-order valence-corrected chi connectivity index (χ4v) is 5.04. The second-order valence-electron chi connectivity index (χ2n) is 7.21. The number of rotatable bonds is 3. The number of halogens is 1. The molecule has 1 aliphatic heterocycles. The summed E-state index contributed by atoms with van der Waals surface area (Å²) in [5.74, 6) is -1.10. The van der Waals surface area contributed by atoms with E-state index in [0.29, 0.717) is 16.3 Å². The van der Waals surface area contributed by atoms with E-state index in [0.717, 1.165) is 11.3 Å². The van der Waals surface area contributed by atoms with E-state index in [1.54, 1.807) is 19.1 Å². The highest BCUT2D eigenvalue weighted by atomic mass is 35.5. The van der Waals surface area contributed by atoms with Crippen molar-refractivity contribution in [2.45, 2.75) is 13.0 Å². The molecule has 0 radical (unpaired) electrons. The number of carbonyl (C=O) groups excluding carboxylic acids is 2. The number of benzene rings is 2. The van der Waals surface area contributed by atoms with Crippen LogP contribution in [0.1, 0.15) is 43.1 Å².